The number of pyridine rings is 2. The van der Waals surface area contributed by atoms with Crippen molar-refractivity contribution < 1.29 is 24.2 Å². The highest BCUT2D eigenvalue weighted by atomic mass is 79.9. The van der Waals surface area contributed by atoms with Crippen LogP contribution < -0.4 is 5.32 Å². The number of carboxylic acids is 1. The Morgan fingerprint density at radius 3 is 1.77 bits per heavy atom. The van der Waals surface area contributed by atoms with Gasteiger partial charge in [-0.15, -0.1) is 0 Å². The van der Waals surface area contributed by atoms with Gasteiger partial charge in [-0.1, -0.05) is 35.3 Å². The number of aromatic nitrogens is 2. The van der Waals surface area contributed by atoms with Gasteiger partial charge in [0.15, 0.2) is 5.78 Å². The third-order valence-electron chi connectivity index (χ3n) is 11.3. The fourth-order valence-corrected chi connectivity index (χ4v) is 9.75. The van der Waals surface area contributed by atoms with E-state index in [1.807, 2.05) is 61.5 Å². The number of piperidine rings is 2. The van der Waals surface area contributed by atoms with Gasteiger partial charge in [-0.3, -0.25) is 14.8 Å². The fraction of sp³-hybridized carbons (Fsp3) is 0.341. The molecule has 296 valence electrons. The fourth-order valence-electron chi connectivity index (χ4n) is 8.73. The molecule has 9 nitrogen and oxygen atoms in total. The summed E-state index contributed by atoms with van der Waals surface area (Å²) in [6.45, 7) is 6.99. The van der Waals surface area contributed by atoms with Crippen LogP contribution in [0, 0.1) is 11.8 Å². The van der Waals surface area contributed by atoms with Crippen LogP contribution in [-0.4, -0.2) is 70.6 Å². The van der Waals surface area contributed by atoms with Crippen molar-refractivity contribution in [2.24, 2.45) is 11.8 Å². The molecule has 13 heteroatoms. The molecule has 0 saturated carbocycles. The molecule has 57 heavy (non-hydrogen) atoms. The minimum atomic E-state index is -0.956. The van der Waals surface area contributed by atoms with Crippen LogP contribution in [0.3, 0.4) is 0 Å². The number of rotatable bonds is 5. The molecule has 4 heterocycles. The number of fused-ring (bicyclic) bond motifs is 4. The number of carboxylic acid groups (broad SMARTS) is 1. The minimum absolute atomic E-state index is 0.00723. The Hall–Kier alpha value is -3.87. The summed E-state index contributed by atoms with van der Waals surface area (Å²) < 4.78 is 6.78. The molecule has 2 aliphatic carbocycles. The summed E-state index contributed by atoms with van der Waals surface area (Å²) >= 11 is 19.5. The van der Waals surface area contributed by atoms with E-state index in [2.05, 4.69) is 42.2 Å². The molecule has 0 bridgehead atoms. The zero-order valence-electron chi connectivity index (χ0n) is 31.5. The molecular weight excluding hydrogens is 895 g/mol. The standard InChI is InChI=1S/C24H24BrClN2O3.C20H18BrClN2O2/c1-3-31-24(30)28-8-6-15(7-9-28)22-19-5-4-18(26)10-16(19)11-20(14(2)29)21-12-17(25)13-27-23(21)22;21-13-9-16-17(20(25)26)8-12-7-14(22)1-2-15(12)18(19(16)24-10-13)11-3-5-23-6-4-11/h4-5,10-13,15,22H,3,6-9H2,1-2H3;1-2,7-11,18,23H,3-6H2,(H,25,26). The summed E-state index contributed by atoms with van der Waals surface area (Å²) in [6, 6.07) is 15.5. The topological polar surface area (TPSA) is 122 Å². The Morgan fingerprint density at radius 1 is 0.789 bits per heavy atom. The number of benzene rings is 2. The number of carbonyl (C=O) groups excluding carboxylic acids is 2. The molecule has 2 saturated heterocycles. The molecule has 8 rings (SSSR count). The van der Waals surface area contributed by atoms with Crippen molar-refractivity contribution in [3.63, 3.8) is 0 Å². The van der Waals surface area contributed by atoms with Crippen LogP contribution in [-0.2, 0) is 14.3 Å². The number of nitrogens with one attached hydrogen (secondary N) is 1. The number of ether oxygens (including phenoxy) is 1. The molecule has 2 atom stereocenters. The van der Waals surface area contributed by atoms with E-state index in [1.54, 1.807) is 30.3 Å². The number of hydrogen-bond acceptors (Lipinski definition) is 7. The van der Waals surface area contributed by atoms with Crippen molar-refractivity contribution in [3.8, 4) is 0 Å². The van der Waals surface area contributed by atoms with Crippen molar-refractivity contribution in [2.45, 2.75) is 51.4 Å². The number of aliphatic carboxylic acids is 1. The quantitative estimate of drug-likeness (QED) is 0.203. The molecule has 2 N–H and O–H groups in total. The van der Waals surface area contributed by atoms with Gasteiger partial charge in [0, 0.05) is 73.0 Å². The predicted octanol–water partition coefficient (Wildman–Crippen LogP) is 10.5. The molecular formula is C44H42Br2Cl2N4O5. The average molecular weight is 938 g/mol. The number of carbonyl (C=O) groups is 3. The molecule has 1 amide bonds. The molecule has 4 aromatic rings. The second-order valence-corrected chi connectivity index (χ2v) is 17.5. The molecule has 2 aromatic carbocycles. The number of likely N-dealkylation sites (tertiary alicyclic amines) is 1. The van der Waals surface area contributed by atoms with E-state index >= 15 is 0 Å². The first-order chi connectivity index (χ1) is 27.4. The smallest absolute Gasteiger partial charge is 0.409 e. The van der Waals surface area contributed by atoms with Crippen LogP contribution in [0.4, 0.5) is 4.79 Å². The Morgan fingerprint density at radius 2 is 1.28 bits per heavy atom. The van der Waals surface area contributed by atoms with E-state index in [-0.39, 0.29) is 35.2 Å². The van der Waals surface area contributed by atoms with Gasteiger partial charge >= 0.3 is 12.1 Å². The lowest BCUT2D eigenvalue weighted by Crippen LogP contribution is -2.40. The van der Waals surface area contributed by atoms with E-state index in [0.29, 0.717) is 46.8 Å². The number of amides is 1. The number of ketones is 1. The maximum Gasteiger partial charge on any atom is 0.409 e. The molecule has 0 radical (unpaired) electrons. The van der Waals surface area contributed by atoms with E-state index in [4.69, 9.17) is 32.9 Å². The van der Waals surface area contributed by atoms with Crippen molar-refractivity contribution in [3.05, 3.63) is 125 Å². The number of hydrogen-bond donors (Lipinski definition) is 2. The highest BCUT2D eigenvalue weighted by molar-refractivity contribution is 9.10. The van der Waals surface area contributed by atoms with Crippen molar-refractivity contribution in [2.75, 3.05) is 32.8 Å². The van der Waals surface area contributed by atoms with Gasteiger partial charge in [0.25, 0.3) is 0 Å². The highest BCUT2D eigenvalue weighted by Crippen LogP contribution is 2.47. The maximum atomic E-state index is 12.6. The summed E-state index contributed by atoms with van der Waals surface area (Å²) in [5.74, 6) is -0.218. The van der Waals surface area contributed by atoms with Crippen molar-refractivity contribution in [1.82, 2.24) is 20.2 Å². The Kier molecular flexibility index (Phi) is 13.0. The first-order valence-corrected chi connectivity index (χ1v) is 21.5. The monoisotopic (exact) mass is 934 g/mol. The summed E-state index contributed by atoms with van der Waals surface area (Å²) in [6.07, 6.45) is 10.7. The van der Waals surface area contributed by atoms with Crippen LogP contribution in [0.2, 0.25) is 10.0 Å². The van der Waals surface area contributed by atoms with E-state index < -0.39 is 5.97 Å². The number of allylic oxidation sites excluding steroid dienone is 1. The van der Waals surface area contributed by atoms with E-state index in [0.717, 1.165) is 86.9 Å². The van der Waals surface area contributed by atoms with Crippen molar-refractivity contribution >= 4 is 96.2 Å². The van der Waals surface area contributed by atoms with Gasteiger partial charge in [0.2, 0.25) is 0 Å². The van der Waals surface area contributed by atoms with Gasteiger partial charge in [0.1, 0.15) is 0 Å². The van der Waals surface area contributed by atoms with Gasteiger partial charge in [0.05, 0.1) is 23.6 Å². The second kappa shape index (κ2) is 18.0. The van der Waals surface area contributed by atoms with Crippen LogP contribution >= 0.6 is 55.1 Å². The molecule has 4 aliphatic rings. The van der Waals surface area contributed by atoms with Gasteiger partial charge in [-0.05, 0) is 167 Å². The van der Waals surface area contributed by atoms with Crippen molar-refractivity contribution in [1.29, 1.82) is 0 Å². The third-order valence-corrected chi connectivity index (χ3v) is 12.6. The zero-order chi connectivity index (χ0) is 40.4. The first kappa shape index (κ1) is 41.3. The summed E-state index contributed by atoms with van der Waals surface area (Å²) in [4.78, 5) is 48.0. The molecule has 2 unspecified atom stereocenters. The molecule has 0 spiro atoms. The predicted molar refractivity (Wildman–Crippen MR) is 231 cm³/mol. The second-order valence-electron chi connectivity index (χ2n) is 14.8. The number of Topliss-reactive ketones (excluding diaryl/α,β-unsaturated/α-hetero) is 1. The van der Waals surface area contributed by atoms with Gasteiger partial charge in [-0.25, -0.2) is 9.59 Å². The van der Waals surface area contributed by atoms with Crippen LogP contribution in [0.25, 0.3) is 23.3 Å². The summed E-state index contributed by atoms with van der Waals surface area (Å²) in [7, 11) is 0. The lowest BCUT2D eigenvalue weighted by atomic mass is 9.76. The first-order valence-electron chi connectivity index (χ1n) is 19.1. The Balaban J connectivity index is 0.000000177. The lowest BCUT2D eigenvalue weighted by Gasteiger charge is -2.36. The zero-order valence-corrected chi connectivity index (χ0v) is 36.2. The van der Waals surface area contributed by atoms with Gasteiger partial charge < -0.3 is 20.1 Å². The maximum absolute atomic E-state index is 12.6. The van der Waals surface area contributed by atoms with Crippen LogP contribution in [0.5, 0.6) is 0 Å². The average Bonchev–Trinajstić information content (AvgIpc) is 3.42. The van der Waals surface area contributed by atoms with Gasteiger partial charge in [-0.2, -0.15) is 0 Å². The Labute approximate surface area is 359 Å². The summed E-state index contributed by atoms with van der Waals surface area (Å²) in [5, 5.41) is 14.5. The van der Waals surface area contributed by atoms with E-state index in [1.165, 1.54) is 0 Å². The highest BCUT2D eigenvalue weighted by Gasteiger charge is 2.37. The number of halogens is 4. The van der Waals surface area contributed by atoms with Crippen LogP contribution in [0.15, 0.2) is 69.9 Å². The number of nitrogens with zero attached hydrogens (tertiary/aromatic N) is 3. The SMILES string of the molecule is CCOC(=O)N1CCC(C2c3ccc(Cl)cc3C=C(C(C)=O)c3cc(Br)cnc32)CC1.O=C(O)C1=Cc2cc(Cl)ccc2C(C2CCNCC2)c2ncc(Br)cc21. The molecule has 2 aliphatic heterocycles. The minimum Gasteiger partial charge on any atom is -0.478 e. The van der Waals surface area contributed by atoms with E-state index in [9.17, 15) is 19.5 Å². The lowest BCUT2D eigenvalue weighted by molar-refractivity contribution is -0.130. The van der Waals surface area contributed by atoms with Crippen LogP contribution in [0.1, 0.15) is 96.1 Å². The third kappa shape index (κ3) is 8.93. The molecule has 2 fully saturated rings. The summed E-state index contributed by atoms with van der Waals surface area (Å²) in [5.41, 5.74) is 8.22. The largest absolute Gasteiger partial charge is 0.478 e. The molecule has 2 aromatic heterocycles. The normalized spacial score (nSPS) is 19.2. The Bertz CT molecular complexity index is 2280.